The Labute approximate surface area is 130 Å². The first-order valence-corrected chi connectivity index (χ1v) is 7.44. The highest BCUT2D eigenvalue weighted by molar-refractivity contribution is 5.85. The van der Waals surface area contributed by atoms with E-state index in [2.05, 4.69) is 5.10 Å². The molecule has 0 radical (unpaired) electrons. The SMILES string of the molecule is Cc1nn(C)c(C)c1CN(C)C(=O)[C@@H]1CC=CC[C@H]1C(=O)O. The van der Waals surface area contributed by atoms with Gasteiger partial charge >= 0.3 is 5.97 Å². The van der Waals surface area contributed by atoms with E-state index in [0.717, 1.165) is 17.0 Å². The molecule has 2 rings (SSSR count). The van der Waals surface area contributed by atoms with Crippen LogP contribution in [0.3, 0.4) is 0 Å². The summed E-state index contributed by atoms with van der Waals surface area (Å²) in [6.45, 7) is 4.35. The highest BCUT2D eigenvalue weighted by atomic mass is 16.4. The number of carboxylic acids is 1. The van der Waals surface area contributed by atoms with Crippen LogP contribution in [0, 0.1) is 25.7 Å². The first-order chi connectivity index (χ1) is 10.3. The van der Waals surface area contributed by atoms with Crippen LogP contribution in [0.5, 0.6) is 0 Å². The number of carbonyl (C=O) groups excluding carboxylic acids is 1. The highest BCUT2D eigenvalue weighted by Gasteiger charge is 2.35. The molecule has 0 unspecified atom stereocenters. The highest BCUT2D eigenvalue weighted by Crippen LogP contribution is 2.28. The second-order valence-electron chi connectivity index (χ2n) is 5.96. The second-order valence-corrected chi connectivity index (χ2v) is 5.96. The van der Waals surface area contributed by atoms with Crippen molar-refractivity contribution in [1.29, 1.82) is 0 Å². The van der Waals surface area contributed by atoms with Crippen molar-refractivity contribution in [1.82, 2.24) is 14.7 Å². The number of hydrogen-bond acceptors (Lipinski definition) is 3. The number of hydrogen-bond donors (Lipinski definition) is 1. The van der Waals surface area contributed by atoms with Gasteiger partial charge in [0.25, 0.3) is 0 Å². The van der Waals surface area contributed by atoms with Crippen LogP contribution in [0.4, 0.5) is 0 Å². The first-order valence-electron chi connectivity index (χ1n) is 7.44. The molecule has 0 aliphatic heterocycles. The number of aliphatic carboxylic acids is 1. The smallest absolute Gasteiger partial charge is 0.307 e. The van der Waals surface area contributed by atoms with Crippen molar-refractivity contribution < 1.29 is 14.7 Å². The minimum atomic E-state index is -0.898. The van der Waals surface area contributed by atoms with Crippen molar-refractivity contribution in [3.05, 3.63) is 29.1 Å². The third-order valence-corrected chi connectivity index (χ3v) is 4.50. The average molecular weight is 305 g/mol. The largest absolute Gasteiger partial charge is 0.481 e. The lowest BCUT2D eigenvalue weighted by molar-refractivity contribution is -0.150. The number of nitrogens with zero attached hydrogens (tertiary/aromatic N) is 3. The second kappa shape index (κ2) is 6.34. The number of rotatable bonds is 4. The van der Waals surface area contributed by atoms with Crippen LogP contribution in [0.15, 0.2) is 12.2 Å². The average Bonchev–Trinajstić information content (AvgIpc) is 2.72. The van der Waals surface area contributed by atoms with Gasteiger partial charge in [-0.2, -0.15) is 5.10 Å². The van der Waals surface area contributed by atoms with Crippen molar-refractivity contribution in [3.63, 3.8) is 0 Å². The molecule has 0 spiro atoms. The number of allylic oxidation sites excluding steroid dienone is 2. The Morgan fingerprint density at radius 3 is 2.41 bits per heavy atom. The molecule has 0 bridgehead atoms. The lowest BCUT2D eigenvalue weighted by Crippen LogP contribution is -2.39. The fourth-order valence-corrected chi connectivity index (χ4v) is 3.00. The Hall–Kier alpha value is -2.11. The van der Waals surface area contributed by atoms with Crippen LogP contribution < -0.4 is 0 Å². The van der Waals surface area contributed by atoms with Gasteiger partial charge in [-0.15, -0.1) is 0 Å². The zero-order valence-corrected chi connectivity index (χ0v) is 13.5. The van der Waals surface area contributed by atoms with Gasteiger partial charge in [-0.3, -0.25) is 14.3 Å². The minimum Gasteiger partial charge on any atom is -0.481 e. The molecular weight excluding hydrogens is 282 g/mol. The van der Waals surface area contributed by atoms with Gasteiger partial charge in [-0.1, -0.05) is 12.2 Å². The molecule has 1 amide bonds. The molecule has 1 aromatic rings. The van der Waals surface area contributed by atoms with E-state index in [0.29, 0.717) is 19.4 Å². The third-order valence-electron chi connectivity index (χ3n) is 4.50. The Morgan fingerprint density at radius 2 is 1.91 bits per heavy atom. The fraction of sp³-hybridized carbons (Fsp3) is 0.562. The summed E-state index contributed by atoms with van der Waals surface area (Å²) in [6, 6.07) is 0. The fourth-order valence-electron chi connectivity index (χ4n) is 3.00. The normalized spacial score (nSPS) is 20.9. The summed E-state index contributed by atoms with van der Waals surface area (Å²) < 4.78 is 1.80. The Balaban J connectivity index is 2.14. The number of carbonyl (C=O) groups is 2. The molecule has 1 heterocycles. The first kappa shape index (κ1) is 16.3. The Kier molecular flexibility index (Phi) is 4.68. The van der Waals surface area contributed by atoms with E-state index in [1.54, 1.807) is 16.6 Å². The molecule has 120 valence electrons. The van der Waals surface area contributed by atoms with Crippen molar-refractivity contribution in [2.45, 2.75) is 33.2 Å². The summed E-state index contributed by atoms with van der Waals surface area (Å²) in [5.74, 6) is -2.12. The molecule has 6 heteroatoms. The van der Waals surface area contributed by atoms with Gasteiger partial charge < -0.3 is 10.0 Å². The quantitative estimate of drug-likeness (QED) is 0.858. The third kappa shape index (κ3) is 3.05. The number of aryl methyl sites for hydroxylation is 2. The molecule has 22 heavy (non-hydrogen) atoms. The lowest BCUT2D eigenvalue weighted by atomic mass is 9.82. The van der Waals surface area contributed by atoms with Crippen molar-refractivity contribution in [2.75, 3.05) is 7.05 Å². The van der Waals surface area contributed by atoms with Crippen LogP contribution in [-0.2, 0) is 23.2 Å². The van der Waals surface area contributed by atoms with Gasteiger partial charge in [-0.05, 0) is 26.7 Å². The van der Waals surface area contributed by atoms with E-state index in [1.807, 2.05) is 33.0 Å². The summed E-state index contributed by atoms with van der Waals surface area (Å²) in [6.07, 6.45) is 4.66. The summed E-state index contributed by atoms with van der Waals surface area (Å²) in [5, 5.41) is 13.7. The van der Waals surface area contributed by atoms with E-state index in [-0.39, 0.29) is 5.91 Å². The molecule has 1 aromatic heterocycles. The zero-order chi connectivity index (χ0) is 16.4. The van der Waals surface area contributed by atoms with E-state index in [9.17, 15) is 14.7 Å². The Bertz CT molecular complexity index is 618. The zero-order valence-electron chi connectivity index (χ0n) is 13.5. The molecule has 0 fully saturated rings. The molecule has 2 atom stereocenters. The monoisotopic (exact) mass is 305 g/mol. The van der Waals surface area contributed by atoms with Crippen LogP contribution in [-0.4, -0.2) is 38.7 Å². The standard InChI is InChI=1S/C16H23N3O3/c1-10-14(11(2)19(4)17-10)9-18(3)15(20)12-7-5-6-8-13(12)16(21)22/h5-6,12-13H,7-9H2,1-4H3,(H,21,22)/t12-,13-/m1/s1. The van der Waals surface area contributed by atoms with Crippen molar-refractivity contribution >= 4 is 11.9 Å². The maximum atomic E-state index is 12.6. The van der Waals surface area contributed by atoms with E-state index < -0.39 is 17.8 Å². The maximum absolute atomic E-state index is 12.6. The summed E-state index contributed by atoms with van der Waals surface area (Å²) in [4.78, 5) is 25.6. The predicted molar refractivity (Wildman–Crippen MR) is 82.1 cm³/mol. The molecule has 6 nitrogen and oxygen atoms in total. The minimum absolute atomic E-state index is 0.112. The van der Waals surface area contributed by atoms with Crippen LogP contribution in [0.1, 0.15) is 29.8 Å². The molecule has 1 aliphatic carbocycles. The van der Waals surface area contributed by atoms with Gasteiger partial charge in [0.2, 0.25) is 5.91 Å². The van der Waals surface area contributed by atoms with E-state index in [1.165, 1.54) is 0 Å². The molecule has 1 N–H and O–H groups in total. The lowest BCUT2D eigenvalue weighted by Gasteiger charge is -2.28. The number of amides is 1. The molecule has 0 aromatic carbocycles. The van der Waals surface area contributed by atoms with Gasteiger partial charge in [-0.25, -0.2) is 0 Å². The maximum Gasteiger partial charge on any atom is 0.307 e. The van der Waals surface area contributed by atoms with Gasteiger partial charge in [0, 0.05) is 31.9 Å². The number of aromatic nitrogens is 2. The Morgan fingerprint density at radius 1 is 1.32 bits per heavy atom. The van der Waals surface area contributed by atoms with Crippen LogP contribution in [0.2, 0.25) is 0 Å². The molecule has 0 saturated carbocycles. The van der Waals surface area contributed by atoms with Gasteiger partial charge in [0.1, 0.15) is 0 Å². The predicted octanol–water partition coefficient (Wildman–Crippen LogP) is 1.66. The van der Waals surface area contributed by atoms with Gasteiger partial charge in [0.05, 0.1) is 17.5 Å². The molecule has 1 aliphatic rings. The summed E-state index contributed by atoms with van der Waals surface area (Å²) in [7, 11) is 3.60. The molecular formula is C16H23N3O3. The van der Waals surface area contributed by atoms with E-state index in [4.69, 9.17) is 0 Å². The molecule has 0 saturated heterocycles. The van der Waals surface area contributed by atoms with Gasteiger partial charge in [0.15, 0.2) is 0 Å². The summed E-state index contributed by atoms with van der Waals surface area (Å²) >= 11 is 0. The van der Waals surface area contributed by atoms with Crippen molar-refractivity contribution in [3.8, 4) is 0 Å². The van der Waals surface area contributed by atoms with E-state index >= 15 is 0 Å². The topological polar surface area (TPSA) is 75.4 Å². The van der Waals surface area contributed by atoms with Crippen molar-refractivity contribution in [2.24, 2.45) is 18.9 Å². The van der Waals surface area contributed by atoms with Crippen LogP contribution >= 0.6 is 0 Å². The van der Waals surface area contributed by atoms with Crippen LogP contribution in [0.25, 0.3) is 0 Å². The number of carboxylic acid groups (broad SMARTS) is 1. The summed E-state index contributed by atoms with van der Waals surface area (Å²) in [5.41, 5.74) is 2.95.